The Morgan fingerprint density at radius 2 is 0.619 bits per heavy atom. The van der Waals surface area contributed by atoms with Crippen LogP contribution in [-0.2, 0) is 0 Å². The van der Waals surface area contributed by atoms with E-state index < -0.39 is 0 Å². The van der Waals surface area contributed by atoms with Gasteiger partial charge in [0.2, 0.25) is 0 Å². The van der Waals surface area contributed by atoms with Gasteiger partial charge in [0.15, 0.2) is 0 Å². The van der Waals surface area contributed by atoms with Crippen molar-refractivity contribution in [1.82, 2.24) is 0 Å². The second-order valence-electron chi connectivity index (χ2n) is 17.2. The second-order valence-corrected chi connectivity index (χ2v) is 18.2. The molecule has 14 aromatic rings. The first-order chi connectivity index (χ1) is 31.2. The van der Waals surface area contributed by atoms with E-state index in [0.717, 1.165) is 0 Å². The van der Waals surface area contributed by atoms with Crippen LogP contribution in [0.25, 0.3) is 140 Å². The van der Waals surface area contributed by atoms with Crippen molar-refractivity contribution in [3.8, 4) is 55.6 Å². The van der Waals surface area contributed by atoms with Crippen LogP contribution in [-0.4, -0.2) is 0 Å². The normalized spacial score (nSPS) is 12.1. The Morgan fingerprint density at radius 3 is 1.19 bits per heavy atom. The van der Waals surface area contributed by atoms with Crippen LogP contribution in [0.3, 0.4) is 0 Å². The lowest BCUT2D eigenvalue weighted by molar-refractivity contribution is 1.58. The molecule has 0 saturated heterocycles. The molecule has 0 bridgehead atoms. The van der Waals surface area contributed by atoms with Crippen LogP contribution in [0.5, 0.6) is 0 Å². The van der Waals surface area contributed by atoms with E-state index in [1.807, 2.05) is 11.3 Å². The summed E-state index contributed by atoms with van der Waals surface area (Å²) in [5.41, 5.74) is 12.4. The Morgan fingerprint density at radius 1 is 0.206 bits per heavy atom. The summed E-state index contributed by atoms with van der Waals surface area (Å²) in [6.07, 6.45) is 0. The largest absolute Gasteiger partial charge is 0.135 e. The number of rotatable bonds is 5. The van der Waals surface area contributed by atoms with Gasteiger partial charge in [-0.25, -0.2) is 0 Å². The topological polar surface area (TPSA) is 0 Å². The van der Waals surface area contributed by atoms with Crippen LogP contribution < -0.4 is 0 Å². The summed E-state index contributed by atoms with van der Waals surface area (Å²) >= 11 is 1.87. The summed E-state index contributed by atoms with van der Waals surface area (Å²) in [6, 6.07) is 81.8. The molecule has 0 amide bonds. The molecular formula is C62H36S. The molecule has 14 rings (SSSR count). The third kappa shape index (κ3) is 5.27. The molecule has 0 fully saturated rings. The van der Waals surface area contributed by atoms with Crippen molar-refractivity contribution in [3.63, 3.8) is 0 Å². The minimum atomic E-state index is 1.21. The Kier molecular flexibility index (Phi) is 7.37. The van der Waals surface area contributed by atoms with Crippen molar-refractivity contribution in [2.75, 3.05) is 0 Å². The highest BCUT2D eigenvalue weighted by Gasteiger charge is 2.17. The zero-order valence-electron chi connectivity index (χ0n) is 34.2. The summed E-state index contributed by atoms with van der Waals surface area (Å²) in [5, 5.41) is 18.4. The van der Waals surface area contributed by atoms with E-state index in [9.17, 15) is 0 Å². The highest BCUT2D eigenvalue weighted by molar-refractivity contribution is 7.25. The van der Waals surface area contributed by atoms with Crippen molar-refractivity contribution < 1.29 is 0 Å². The van der Waals surface area contributed by atoms with Crippen molar-refractivity contribution in [2.24, 2.45) is 0 Å². The molecule has 0 N–H and O–H groups in total. The van der Waals surface area contributed by atoms with Gasteiger partial charge in [0.1, 0.15) is 0 Å². The molecule has 0 atom stereocenters. The van der Waals surface area contributed by atoms with Gasteiger partial charge in [0.05, 0.1) is 0 Å². The molecule has 13 aromatic carbocycles. The molecule has 1 heteroatoms. The molecule has 1 heterocycles. The molecule has 0 aliphatic carbocycles. The number of hydrogen-bond donors (Lipinski definition) is 0. The van der Waals surface area contributed by atoms with E-state index in [1.54, 1.807) is 0 Å². The Balaban J connectivity index is 0.794. The first-order valence-electron chi connectivity index (χ1n) is 21.8. The summed E-state index contributed by atoms with van der Waals surface area (Å²) < 4.78 is 2.68. The Hall–Kier alpha value is -7.84. The first-order valence-corrected chi connectivity index (χ1v) is 22.6. The third-order valence-electron chi connectivity index (χ3n) is 13.8. The minimum absolute atomic E-state index is 1.21. The maximum atomic E-state index is 2.40. The van der Waals surface area contributed by atoms with Crippen molar-refractivity contribution in [1.29, 1.82) is 0 Å². The fourth-order valence-electron chi connectivity index (χ4n) is 10.7. The number of fused-ring (bicyclic) bond motifs is 3. The third-order valence-corrected chi connectivity index (χ3v) is 15.0. The predicted molar refractivity (Wildman–Crippen MR) is 274 cm³/mol. The summed E-state index contributed by atoms with van der Waals surface area (Å²) in [5.74, 6) is 0. The van der Waals surface area contributed by atoms with Gasteiger partial charge < -0.3 is 0 Å². The number of hydrogen-bond acceptors (Lipinski definition) is 1. The lowest BCUT2D eigenvalue weighted by Gasteiger charge is -2.17. The zero-order chi connectivity index (χ0) is 41.2. The van der Waals surface area contributed by atoms with Gasteiger partial charge in [0.25, 0.3) is 0 Å². The van der Waals surface area contributed by atoms with E-state index >= 15 is 0 Å². The molecule has 63 heavy (non-hydrogen) atoms. The summed E-state index contributed by atoms with van der Waals surface area (Å²) in [7, 11) is 0. The molecule has 0 spiro atoms. The SMILES string of the molecule is c1cc(-c2ccc(-c3ccc4ccc5cccc6ccc3c4c56)cc2)cc(-c2ccc(-c3ccc4ccc5c(-c6ccc7sc8ccccc8c7c6)ccc6ccc3c4c65)cc2)c1. The predicted octanol–water partition coefficient (Wildman–Crippen LogP) is 18.2. The molecule has 290 valence electrons. The Bertz CT molecular complexity index is 4100. The Labute approximate surface area is 368 Å². The van der Waals surface area contributed by atoms with Gasteiger partial charge in [-0.3, -0.25) is 0 Å². The van der Waals surface area contributed by atoms with Gasteiger partial charge in [-0.2, -0.15) is 0 Å². The molecule has 0 radical (unpaired) electrons. The molecule has 0 aliphatic heterocycles. The fraction of sp³-hybridized carbons (Fsp3) is 0. The quantitative estimate of drug-likeness (QED) is 0.152. The van der Waals surface area contributed by atoms with Gasteiger partial charge in [-0.15, -0.1) is 11.3 Å². The van der Waals surface area contributed by atoms with Crippen molar-refractivity contribution in [3.05, 3.63) is 218 Å². The monoisotopic (exact) mass is 812 g/mol. The van der Waals surface area contributed by atoms with E-state index in [0.29, 0.717) is 0 Å². The highest BCUT2D eigenvalue weighted by Crippen LogP contribution is 2.45. The van der Waals surface area contributed by atoms with Crippen LogP contribution in [0.1, 0.15) is 0 Å². The lowest BCUT2D eigenvalue weighted by Crippen LogP contribution is -1.89. The fourth-order valence-corrected chi connectivity index (χ4v) is 11.8. The zero-order valence-corrected chi connectivity index (χ0v) is 35.0. The number of thiophene rings is 1. The first kappa shape index (κ1) is 34.8. The molecule has 1 aromatic heterocycles. The molecule has 0 unspecified atom stereocenters. The average molecular weight is 813 g/mol. The van der Waals surface area contributed by atoms with E-state index in [1.165, 1.54) is 140 Å². The van der Waals surface area contributed by atoms with Gasteiger partial charge in [-0.05, 0) is 145 Å². The number of benzene rings is 13. The molecule has 0 aliphatic rings. The lowest BCUT2D eigenvalue weighted by atomic mass is 9.87. The molecule has 0 saturated carbocycles. The van der Waals surface area contributed by atoms with E-state index in [-0.39, 0.29) is 0 Å². The summed E-state index contributed by atoms with van der Waals surface area (Å²) in [4.78, 5) is 0. The van der Waals surface area contributed by atoms with Crippen molar-refractivity contribution in [2.45, 2.75) is 0 Å². The minimum Gasteiger partial charge on any atom is -0.135 e. The van der Waals surface area contributed by atoms with Crippen molar-refractivity contribution >= 4 is 96.1 Å². The van der Waals surface area contributed by atoms with Crippen LogP contribution in [0.2, 0.25) is 0 Å². The van der Waals surface area contributed by atoms with E-state index in [4.69, 9.17) is 0 Å². The van der Waals surface area contributed by atoms with Crippen LogP contribution >= 0.6 is 11.3 Å². The highest BCUT2D eigenvalue weighted by atomic mass is 32.1. The maximum Gasteiger partial charge on any atom is 0.0355 e. The average Bonchev–Trinajstić information content (AvgIpc) is 3.73. The summed E-state index contributed by atoms with van der Waals surface area (Å²) in [6.45, 7) is 0. The smallest absolute Gasteiger partial charge is 0.0355 e. The van der Waals surface area contributed by atoms with Gasteiger partial charge in [0, 0.05) is 20.2 Å². The van der Waals surface area contributed by atoms with Gasteiger partial charge in [-0.1, -0.05) is 194 Å². The van der Waals surface area contributed by atoms with Gasteiger partial charge >= 0.3 is 0 Å². The maximum absolute atomic E-state index is 2.40. The molecule has 0 nitrogen and oxygen atoms in total. The second kappa shape index (κ2) is 13.3. The van der Waals surface area contributed by atoms with Crippen LogP contribution in [0.15, 0.2) is 218 Å². The molecular weight excluding hydrogens is 777 g/mol. The van der Waals surface area contributed by atoms with Crippen LogP contribution in [0, 0.1) is 0 Å². The van der Waals surface area contributed by atoms with Crippen LogP contribution in [0.4, 0.5) is 0 Å². The van der Waals surface area contributed by atoms with E-state index in [2.05, 4.69) is 218 Å². The standard InChI is InChI=1S/C62H36S/c1-2-10-57-52(9-1)56-36-48(27-34-58(56)63-57)51-30-23-45-25-32-54-50(29-22-44-26-33-55(51)62(45)61(44)54)40-17-13-38(14-18-40)47-8-4-7-46(35-47)37-11-15-39(16-12-37)49-28-21-43-20-19-41-5-3-6-42-24-31-53(49)60(43)59(41)42/h1-36H.